The number of fused-ring (bicyclic) bond motifs is 2. The van der Waals surface area contributed by atoms with Crippen LogP contribution in [0.3, 0.4) is 0 Å². The molecule has 178 valence electrons. The van der Waals surface area contributed by atoms with Crippen LogP contribution < -0.4 is 9.64 Å². The first-order valence-corrected chi connectivity index (χ1v) is 11.1. The Kier molecular flexibility index (Phi) is 6.77. The molecular formula is C26H24F3NO4. The molecule has 0 aliphatic carbocycles. The molecule has 1 heterocycles. The standard InChI is InChI=1S/C26H24F3NO4/c1-3-7-18-17-8-5-6-9-19(17)24(34-26(28)29)20-14-30(25(32)23(18)20)16-11-10-15(21(27)13-16)12-22(31)33-4-2/h5-6,8-11,13,26H,3-4,7,12,14H2,1-2H3. The van der Waals surface area contributed by atoms with E-state index in [1.165, 1.54) is 23.1 Å². The summed E-state index contributed by atoms with van der Waals surface area (Å²) in [4.78, 5) is 26.6. The molecule has 34 heavy (non-hydrogen) atoms. The Bertz CT molecular complexity index is 1260. The van der Waals surface area contributed by atoms with Gasteiger partial charge in [-0.1, -0.05) is 43.7 Å². The molecular weight excluding hydrogens is 447 g/mol. The van der Waals surface area contributed by atoms with Crippen molar-refractivity contribution in [1.82, 2.24) is 0 Å². The highest BCUT2D eigenvalue weighted by Gasteiger charge is 2.36. The van der Waals surface area contributed by atoms with E-state index in [0.29, 0.717) is 28.3 Å². The summed E-state index contributed by atoms with van der Waals surface area (Å²) in [5.74, 6) is -1.64. The minimum atomic E-state index is -3.06. The van der Waals surface area contributed by atoms with Gasteiger partial charge < -0.3 is 14.4 Å². The molecule has 5 nitrogen and oxygen atoms in total. The van der Waals surface area contributed by atoms with Crippen molar-refractivity contribution in [2.45, 2.75) is 46.3 Å². The maximum absolute atomic E-state index is 14.8. The monoisotopic (exact) mass is 471 g/mol. The third kappa shape index (κ3) is 4.32. The molecule has 1 aliphatic rings. The van der Waals surface area contributed by atoms with Crippen molar-refractivity contribution < 1.29 is 32.2 Å². The van der Waals surface area contributed by atoms with E-state index in [-0.39, 0.29) is 36.6 Å². The smallest absolute Gasteiger partial charge is 0.387 e. The molecule has 1 amide bonds. The predicted molar refractivity (Wildman–Crippen MR) is 122 cm³/mol. The lowest BCUT2D eigenvalue weighted by Gasteiger charge is -2.17. The molecule has 0 bridgehead atoms. The van der Waals surface area contributed by atoms with Crippen molar-refractivity contribution >= 4 is 28.3 Å². The fourth-order valence-corrected chi connectivity index (χ4v) is 4.47. The van der Waals surface area contributed by atoms with E-state index < -0.39 is 24.3 Å². The van der Waals surface area contributed by atoms with E-state index in [0.717, 1.165) is 12.0 Å². The molecule has 0 saturated heterocycles. The number of ether oxygens (including phenoxy) is 2. The molecule has 0 radical (unpaired) electrons. The zero-order chi connectivity index (χ0) is 24.4. The second kappa shape index (κ2) is 9.75. The summed E-state index contributed by atoms with van der Waals surface area (Å²) < 4.78 is 51.2. The van der Waals surface area contributed by atoms with Crippen molar-refractivity contribution in [1.29, 1.82) is 0 Å². The Balaban J connectivity index is 1.79. The van der Waals surface area contributed by atoms with Crippen LogP contribution >= 0.6 is 0 Å². The van der Waals surface area contributed by atoms with Gasteiger partial charge in [0.25, 0.3) is 5.91 Å². The van der Waals surface area contributed by atoms with Crippen LogP contribution in [0.5, 0.6) is 5.75 Å². The molecule has 0 spiro atoms. The first-order chi connectivity index (χ1) is 16.3. The summed E-state index contributed by atoms with van der Waals surface area (Å²) in [7, 11) is 0. The van der Waals surface area contributed by atoms with Gasteiger partial charge in [0.15, 0.2) is 0 Å². The van der Waals surface area contributed by atoms with Gasteiger partial charge >= 0.3 is 12.6 Å². The van der Waals surface area contributed by atoms with Crippen molar-refractivity contribution in [2.75, 3.05) is 11.5 Å². The lowest BCUT2D eigenvalue weighted by atomic mass is 9.91. The van der Waals surface area contributed by atoms with Crippen LogP contribution in [0.2, 0.25) is 0 Å². The van der Waals surface area contributed by atoms with E-state index in [9.17, 15) is 22.8 Å². The molecule has 3 aromatic rings. The first kappa shape index (κ1) is 23.6. The molecule has 0 fully saturated rings. The number of hydrogen-bond donors (Lipinski definition) is 0. The number of carbonyl (C=O) groups excluding carboxylic acids is 2. The number of amides is 1. The van der Waals surface area contributed by atoms with Gasteiger partial charge in [0.1, 0.15) is 11.6 Å². The number of hydrogen-bond acceptors (Lipinski definition) is 4. The van der Waals surface area contributed by atoms with Crippen LogP contribution in [-0.2, 0) is 28.9 Å². The summed E-state index contributed by atoms with van der Waals surface area (Å²) in [5.41, 5.74) is 1.86. The molecule has 3 aromatic carbocycles. The largest absolute Gasteiger partial charge is 0.466 e. The predicted octanol–water partition coefficient (Wildman–Crippen LogP) is 5.80. The van der Waals surface area contributed by atoms with E-state index in [1.54, 1.807) is 31.2 Å². The van der Waals surface area contributed by atoms with Crippen LogP contribution in [0, 0.1) is 5.82 Å². The van der Waals surface area contributed by atoms with Gasteiger partial charge in [-0.15, -0.1) is 0 Å². The summed E-state index contributed by atoms with van der Waals surface area (Å²) in [6.45, 7) is 0.731. The third-order valence-electron chi connectivity index (χ3n) is 5.85. The van der Waals surface area contributed by atoms with Crippen molar-refractivity contribution in [3.05, 3.63) is 70.5 Å². The fraction of sp³-hybridized carbons (Fsp3) is 0.308. The average molecular weight is 471 g/mol. The second-order valence-electron chi connectivity index (χ2n) is 7.98. The number of benzene rings is 3. The highest BCUT2D eigenvalue weighted by molar-refractivity contribution is 6.15. The Morgan fingerprint density at radius 1 is 1.12 bits per heavy atom. The highest BCUT2D eigenvalue weighted by atomic mass is 19.3. The van der Waals surface area contributed by atoms with E-state index in [4.69, 9.17) is 9.47 Å². The molecule has 1 aliphatic heterocycles. The van der Waals surface area contributed by atoms with E-state index in [2.05, 4.69) is 0 Å². The van der Waals surface area contributed by atoms with Crippen LogP contribution in [0.25, 0.3) is 10.8 Å². The van der Waals surface area contributed by atoms with Gasteiger partial charge in [-0.2, -0.15) is 8.78 Å². The van der Waals surface area contributed by atoms with Gasteiger partial charge in [-0.05, 0) is 42.0 Å². The summed E-state index contributed by atoms with van der Waals surface area (Å²) in [5, 5.41) is 1.19. The maximum Gasteiger partial charge on any atom is 0.387 e. The average Bonchev–Trinajstić information content (AvgIpc) is 3.14. The molecule has 0 saturated carbocycles. The number of esters is 1. The molecule has 0 aromatic heterocycles. The van der Waals surface area contributed by atoms with E-state index >= 15 is 0 Å². The molecule has 0 atom stereocenters. The zero-order valence-corrected chi connectivity index (χ0v) is 18.9. The van der Waals surface area contributed by atoms with Crippen LogP contribution in [0.1, 0.15) is 47.3 Å². The Morgan fingerprint density at radius 3 is 2.50 bits per heavy atom. The van der Waals surface area contributed by atoms with Crippen molar-refractivity contribution in [2.24, 2.45) is 0 Å². The molecule has 8 heteroatoms. The van der Waals surface area contributed by atoms with Crippen LogP contribution in [0.4, 0.5) is 18.9 Å². The third-order valence-corrected chi connectivity index (χ3v) is 5.85. The Labute approximate surface area is 195 Å². The number of anilines is 1. The highest BCUT2D eigenvalue weighted by Crippen LogP contribution is 2.43. The Morgan fingerprint density at radius 2 is 1.85 bits per heavy atom. The first-order valence-electron chi connectivity index (χ1n) is 11.1. The lowest BCUT2D eigenvalue weighted by molar-refractivity contribution is -0.142. The number of nitrogens with zero attached hydrogens (tertiary/aromatic N) is 1. The van der Waals surface area contributed by atoms with Gasteiger partial charge in [-0.3, -0.25) is 9.59 Å². The molecule has 0 N–H and O–H groups in total. The second-order valence-corrected chi connectivity index (χ2v) is 7.98. The van der Waals surface area contributed by atoms with E-state index in [1.807, 2.05) is 6.92 Å². The van der Waals surface area contributed by atoms with Gasteiger partial charge in [-0.25, -0.2) is 4.39 Å². The number of alkyl halides is 2. The zero-order valence-electron chi connectivity index (χ0n) is 18.9. The summed E-state index contributed by atoms with van der Waals surface area (Å²) >= 11 is 0. The normalized spacial score (nSPS) is 13.0. The summed E-state index contributed by atoms with van der Waals surface area (Å²) in [6, 6.07) is 11.1. The van der Waals surface area contributed by atoms with Crippen LogP contribution in [0.15, 0.2) is 42.5 Å². The van der Waals surface area contributed by atoms with Gasteiger partial charge in [0, 0.05) is 16.6 Å². The van der Waals surface area contributed by atoms with Gasteiger partial charge in [0.05, 0.1) is 25.1 Å². The lowest BCUT2D eigenvalue weighted by Crippen LogP contribution is -2.24. The number of carbonyl (C=O) groups is 2. The molecule has 0 unspecified atom stereocenters. The minimum absolute atomic E-state index is 0.0318. The van der Waals surface area contributed by atoms with Crippen LogP contribution in [-0.4, -0.2) is 25.1 Å². The van der Waals surface area contributed by atoms with Crippen molar-refractivity contribution in [3.63, 3.8) is 0 Å². The summed E-state index contributed by atoms with van der Waals surface area (Å²) in [6.07, 6.45) is 1.09. The fourth-order valence-electron chi connectivity index (χ4n) is 4.47. The maximum atomic E-state index is 14.8. The SMILES string of the molecule is CCCc1c2c(c(OC(F)F)c3ccccc13)CN(c1ccc(CC(=O)OCC)c(F)c1)C2=O. The quantitative estimate of drug-likeness (QED) is 0.390. The Hall–Kier alpha value is -3.55. The minimum Gasteiger partial charge on any atom is -0.466 e. The van der Waals surface area contributed by atoms with Crippen molar-refractivity contribution in [3.8, 4) is 5.75 Å². The topological polar surface area (TPSA) is 55.8 Å². The number of halogens is 3. The molecule has 4 rings (SSSR count). The van der Waals surface area contributed by atoms with Gasteiger partial charge in [0.2, 0.25) is 0 Å². The number of aryl methyl sites for hydroxylation is 1. The number of rotatable bonds is 8.